The van der Waals surface area contributed by atoms with Gasteiger partial charge in [-0.15, -0.1) is 0 Å². The van der Waals surface area contributed by atoms with Gasteiger partial charge >= 0.3 is 8.56 Å². The molecule has 5 heteroatoms. The molecule has 0 unspecified atom stereocenters. The smallest absolute Gasteiger partial charge is 0.334 e. The molecule has 0 saturated heterocycles. The van der Waals surface area contributed by atoms with Gasteiger partial charge < -0.3 is 13.8 Å². The van der Waals surface area contributed by atoms with Crippen LogP contribution in [0.1, 0.15) is 33.6 Å². The van der Waals surface area contributed by atoms with E-state index in [-0.39, 0.29) is 5.91 Å². The van der Waals surface area contributed by atoms with E-state index in [1.807, 2.05) is 18.7 Å². The Balaban J connectivity index is 4.27. The second-order valence-electron chi connectivity index (χ2n) is 4.63. The Morgan fingerprint density at radius 2 is 1.79 bits per heavy atom. The third-order valence-electron chi connectivity index (χ3n) is 2.94. The highest BCUT2D eigenvalue weighted by molar-refractivity contribution is 6.66. The Kier molecular flexibility index (Phi) is 9.82. The van der Waals surface area contributed by atoms with Crippen molar-refractivity contribution in [3.05, 3.63) is 12.7 Å². The van der Waals surface area contributed by atoms with E-state index in [0.717, 1.165) is 32.0 Å². The molecule has 0 fully saturated rings. The topological polar surface area (TPSA) is 38.8 Å². The zero-order valence-corrected chi connectivity index (χ0v) is 13.9. The lowest BCUT2D eigenvalue weighted by Crippen LogP contribution is -2.40. The molecule has 0 spiro atoms. The van der Waals surface area contributed by atoms with Gasteiger partial charge in [-0.05, 0) is 45.4 Å². The predicted octanol–water partition coefficient (Wildman–Crippen LogP) is 2.95. The van der Waals surface area contributed by atoms with Crippen molar-refractivity contribution >= 4 is 14.5 Å². The fraction of sp³-hybridized carbons (Fsp3) is 0.786. The molecule has 0 rings (SSSR count). The van der Waals surface area contributed by atoms with Crippen LogP contribution in [0, 0.1) is 0 Å². The average molecular weight is 287 g/mol. The lowest BCUT2D eigenvalue weighted by molar-refractivity contribution is -0.126. The van der Waals surface area contributed by atoms with Crippen LogP contribution in [0.4, 0.5) is 0 Å². The maximum Gasteiger partial charge on any atom is 0.334 e. The highest BCUT2D eigenvalue weighted by atomic mass is 28.4. The summed E-state index contributed by atoms with van der Waals surface area (Å²) in [4.78, 5) is 13.5. The molecule has 0 saturated carbocycles. The minimum atomic E-state index is -2.05. The summed E-state index contributed by atoms with van der Waals surface area (Å²) in [6, 6.07) is 0.916. The summed E-state index contributed by atoms with van der Waals surface area (Å²) >= 11 is 0. The predicted molar refractivity (Wildman–Crippen MR) is 81.4 cm³/mol. The van der Waals surface area contributed by atoms with Crippen LogP contribution in [0.2, 0.25) is 12.6 Å². The molecule has 0 N–H and O–H groups in total. The SMILES string of the molecule is C=CC(=O)N(CCC)CCC[Si](C)(OCC)OCC. The summed E-state index contributed by atoms with van der Waals surface area (Å²) in [5.74, 6) is 0.0121. The number of carbonyl (C=O) groups is 1. The van der Waals surface area contributed by atoms with Crippen molar-refractivity contribution < 1.29 is 13.6 Å². The lowest BCUT2D eigenvalue weighted by Gasteiger charge is -2.27. The maximum absolute atomic E-state index is 11.7. The molecule has 19 heavy (non-hydrogen) atoms. The highest BCUT2D eigenvalue weighted by Gasteiger charge is 2.30. The molecule has 112 valence electrons. The summed E-state index contributed by atoms with van der Waals surface area (Å²) in [7, 11) is -2.05. The molecule has 1 amide bonds. The highest BCUT2D eigenvalue weighted by Crippen LogP contribution is 2.16. The number of nitrogens with zero attached hydrogens (tertiary/aromatic N) is 1. The maximum atomic E-state index is 11.7. The molecule has 0 aromatic rings. The Morgan fingerprint density at radius 1 is 1.21 bits per heavy atom. The molecule has 0 atom stereocenters. The summed E-state index contributed by atoms with van der Waals surface area (Å²) < 4.78 is 11.6. The standard InChI is InChI=1S/C14H29NO3Si/c1-6-11-15(14(16)7-2)12-10-13-19(5,17-8-3)18-9-4/h7H,2,6,8-13H2,1,3-5H3. The summed E-state index contributed by atoms with van der Waals surface area (Å²) in [5.41, 5.74) is 0. The molecular weight excluding hydrogens is 258 g/mol. The Bertz CT molecular complexity index is 265. The molecule has 0 aliphatic heterocycles. The van der Waals surface area contributed by atoms with Gasteiger partial charge in [-0.2, -0.15) is 0 Å². The number of hydrogen-bond acceptors (Lipinski definition) is 3. The second-order valence-corrected chi connectivity index (χ2v) is 7.98. The van der Waals surface area contributed by atoms with Gasteiger partial charge in [0.25, 0.3) is 0 Å². The fourth-order valence-corrected chi connectivity index (χ4v) is 4.51. The third kappa shape index (κ3) is 7.50. The van der Waals surface area contributed by atoms with Crippen molar-refractivity contribution in [1.29, 1.82) is 0 Å². The van der Waals surface area contributed by atoms with Crippen molar-refractivity contribution in [3.8, 4) is 0 Å². The van der Waals surface area contributed by atoms with Crippen molar-refractivity contribution in [3.63, 3.8) is 0 Å². The summed E-state index contributed by atoms with van der Waals surface area (Å²) in [5, 5.41) is 0. The Hall–Kier alpha value is -0.653. The van der Waals surface area contributed by atoms with E-state index < -0.39 is 8.56 Å². The van der Waals surface area contributed by atoms with Gasteiger partial charge in [0.15, 0.2) is 0 Å². The quantitative estimate of drug-likeness (QED) is 0.433. The van der Waals surface area contributed by atoms with Crippen LogP contribution in [0.5, 0.6) is 0 Å². The number of hydrogen-bond donors (Lipinski definition) is 0. The number of carbonyl (C=O) groups excluding carboxylic acids is 1. The van der Waals surface area contributed by atoms with Gasteiger partial charge in [0, 0.05) is 26.3 Å². The van der Waals surface area contributed by atoms with Crippen LogP contribution in [0.15, 0.2) is 12.7 Å². The van der Waals surface area contributed by atoms with Crippen molar-refractivity contribution in [1.82, 2.24) is 4.90 Å². The second kappa shape index (κ2) is 10.2. The van der Waals surface area contributed by atoms with Crippen LogP contribution >= 0.6 is 0 Å². The van der Waals surface area contributed by atoms with Gasteiger partial charge in [-0.25, -0.2) is 0 Å². The molecule has 0 aromatic heterocycles. The van der Waals surface area contributed by atoms with Crippen molar-refractivity contribution in [2.45, 2.75) is 46.2 Å². The van der Waals surface area contributed by atoms with Crippen molar-refractivity contribution in [2.75, 3.05) is 26.3 Å². The van der Waals surface area contributed by atoms with Gasteiger partial charge in [-0.3, -0.25) is 4.79 Å². The van der Waals surface area contributed by atoms with Crippen LogP contribution in [-0.2, 0) is 13.6 Å². The third-order valence-corrected chi connectivity index (χ3v) is 6.00. The monoisotopic (exact) mass is 287 g/mol. The molecular formula is C14H29NO3Si. The largest absolute Gasteiger partial charge is 0.395 e. The Morgan fingerprint density at radius 3 is 2.21 bits per heavy atom. The molecule has 0 bridgehead atoms. The van der Waals surface area contributed by atoms with E-state index in [4.69, 9.17) is 8.85 Å². The summed E-state index contributed by atoms with van der Waals surface area (Å²) in [6.45, 7) is 14.6. The van der Waals surface area contributed by atoms with E-state index in [1.54, 1.807) is 0 Å². The molecule has 4 nitrogen and oxygen atoms in total. The average Bonchev–Trinajstić information content (AvgIpc) is 2.37. The van der Waals surface area contributed by atoms with Gasteiger partial charge in [0.1, 0.15) is 0 Å². The zero-order valence-electron chi connectivity index (χ0n) is 12.9. The summed E-state index contributed by atoms with van der Waals surface area (Å²) in [6.07, 6.45) is 3.27. The van der Waals surface area contributed by atoms with E-state index in [9.17, 15) is 4.79 Å². The number of amides is 1. The lowest BCUT2D eigenvalue weighted by atomic mass is 10.3. The first-order valence-corrected chi connectivity index (χ1v) is 9.74. The van der Waals surface area contributed by atoms with Crippen molar-refractivity contribution in [2.24, 2.45) is 0 Å². The first-order valence-electron chi connectivity index (χ1n) is 7.22. The zero-order chi connectivity index (χ0) is 14.7. The first kappa shape index (κ1) is 18.3. The first-order chi connectivity index (χ1) is 9.02. The Labute approximate surface area is 119 Å². The fourth-order valence-electron chi connectivity index (χ4n) is 2.12. The van der Waals surface area contributed by atoms with E-state index in [0.29, 0.717) is 13.2 Å². The van der Waals surface area contributed by atoms with Crippen LogP contribution < -0.4 is 0 Å². The van der Waals surface area contributed by atoms with E-state index in [1.165, 1.54) is 6.08 Å². The minimum absolute atomic E-state index is 0.0121. The minimum Gasteiger partial charge on any atom is -0.395 e. The van der Waals surface area contributed by atoms with Gasteiger partial charge in [-0.1, -0.05) is 13.5 Å². The molecule has 0 aromatic carbocycles. The molecule has 0 aliphatic carbocycles. The van der Waals surface area contributed by atoms with Crippen LogP contribution in [0.25, 0.3) is 0 Å². The van der Waals surface area contributed by atoms with Crippen LogP contribution in [0.3, 0.4) is 0 Å². The van der Waals surface area contributed by atoms with Gasteiger partial charge in [0.05, 0.1) is 0 Å². The van der Waals surface area contributed by atoms with Crippen LogP contribution in [-0.4, -0.2) is 45.7 Å². The molecule has 0 aliphatic rings. The van der Waals surface area contributed by atoms with Gasteiger partial charge in [0.2, 0.25) is 5.91 Å². The normalized spacial score (nSPS) is 11.4. The van der Waals surface area contributed by atoms with E-state index >= 15 is 0 Å². The molecule has 0 heterocycles. The van der Waals surface area contributed by atoms with E-state index in [2.05, 4.69) is 20.0 Å². The molecule has 0 radical (unpaired) electrons. The number of rotatable bonds is 11.